The summed E-state index contributed by atoms with van der Waals surface area (Å²) in [7, 11) is -1.22. The van der Waals surface area contributed by atoms with E-state index in [-0.39, 0.29) is 17.5 Å². The summed E-state index contributed by atoms with van der Waals surface area (Å²) in [5.74, 6) is -0.0631. The zero-order chi connectivity index (χ0) is 13.3. The van der Waals surface area contributed by atoms with Crippen LogP contribution in [0.25, 0.3) is 0 Å². The van der Waals surface area contributed by atoms with Crippen molar-refractivity contribution in [2.45, 2.75) is 25.6 Å². The maximum Gasteiger partial charge on any atom is 0.154 e. The summed E-state index contributed by atoms with van der Waals surface area (Å²) < 4.78 is 22.9. The highest BCUT2D eigenvalue weighted by molar-refractivity contribution is 7.91. The van der Waals surface area contributed by atoms with E-state index in [0.717, 1.165) is 5.56 Å². The largest absolute Gasteiger partial charge is 0.390 e. The van der Waals surface area contributed by atoms with Crippen molar-refractivity contribution in [1.29, 1.82) is 0 Å². The predicted molar refractivity (Wildman–Crippen MR) is 71.1 cm³/mol. The molecule has 0 radical (unpaired) electrons. The van der Waals surface area contributed by atoms with Crippen LogP contribution in [0.5, 0.6) is 0 Å². The van der Waals surface area contributed by atoms with E-state index in [1.807, 2.05) is 43.1 Å². The fraction of sp³-hybridized carbons (Fsp3) is 0.538. The summed E-state index contributed by atoms with van der Waals surface area (Å²) in [6.45, 7) is 2.68. The zero-order valence-corrected chi connectivity index (χ0v) is 11.5. The van der Waals surface area contributed by atoms with Gasteiger partial charge in [-0.2, -0.15) is 0 Å². The highest BCUT2D eigenvalue weighted by Crippen LogP contribution is 2.19. The SMILES string of the molecule is Cc1ccc(CN(C)[C@H]2CS(=O)(=O)C[C@@H]2O)cc1. The van der Waals surface area contributed by atoms with Gasteiger partial charge in [0.15, 0.2) is 9.84 Å². The Hall–Kier alpha value is -0.910. The van der Waals surface area contributed by atoms with E-state index in [0.29, 0.717) is 6.54 Å². The van der Waals surface area contributed by atoms with E-state index in [1.54, 1.807) is 0 Å². The Morgan fingerprint density at radius 1 is 1.28 bits per heavy atom. The van der Waals surface area contributed by atoms with Crippen LogP contribution in [0.2, 0.25) is 0 Å². The maximum atomic E-state index is 11.5. The second kappa shape index (κ2) is 4.99. The normalized spacial score (nSPS) is 26.7. The second-order valence-corrected chi connectivity index (χ2v) is 7.27. The first-order chi connectivity index (χ1) is 8.37. The first-order valence-electron chi connectivity index (χ1n) is 6.02. The summed E-state index contributed by atoms with van der Waals surface area (Å²) >= 11 is 0. The van der Waals surface area contributed by atoms with Gasteiger partial charge in [0.05, 0.1) is 23.7 Å². The number of likely N-dealkylation sites (N-methyl/N-ethyl adjacent to an activating group) is 1. The molecule has 1 heterocycles. The minimum Gasteiger partial charge on any atom is -0.390 e. The highest BCUT2D eigenvalue weighted by atomic mass is 32.2. The third-order valence-electron chi connectivity index (χ3n) is 3.41. The molecule has 100 valence electrons. The first-order valence-corrected chi connectivity index (χ1v) is 7.84. The van der Waals surface area contributed by atoms with Crippen LogP contribution in [0.4, 0.5) is 0 Å². The van der Waals surface area contributed by atoms with Crippen molar-refractivity contribution in [3.63, 3.8) is 0 Å². The minimum absolute atomic E-state index is 0.0521. The molecule has 5 heteroatoms. The van der Waals surface area contributed by atoms with Gasteiger partial charge in [-0.3, -0.25) is 4.90 Å². The van der Waals surface area contributed by atoms with Crippen LogP contribution in [0.3, 0.4) is 0 Å². The number of aryl methyl sites for hydroxylation is 1. The quantitative estimate of drug-likeness (QED) is 0.872. The fourth-order valence-electron chi connectivity index (χ4n) is 2.33. The molecule has 0 unspecified atom stereocenters. The average Bonchev–Trinajstić information content (AvgIpc) is 2.55. The molecule has 0 bridgehead atoms. The molecule has 1 aliphatic rings. The third kappa shape index (κ3) is 3.10. The number of hydrogen-bond donors (Lipinski definition) is 1. The van der Waals surface area contributed by atoms with Gasteiger partial charge >= 0.3 is 0 Å². The predicted octanol–water partition coefficient (Wildman–Crippen LogP) is 0.585. The Labute approximate surface area is 108 Å². The number of aliphatic hydroxyl groups excluding tert-OH is 1. The fourth-order valence-corrected chi connectivity index (χ4v) is 4.21. The standard InChI is InChI=1S/C13H19NO3S/c1-10-3-5-11(6-4-10)7-14(2)12-8-18(16,17)9-13(12)15/h3-6,12-13,15H,7-9H2,1-2H3/t12-,13-/m0/s1. The number of rotatable bonds is 3. The van der Waals surface area contributed by atoms with E-state index < -0.39 is 15.9 Å². The van der Waals surface area contributed by atoms with Crippen molar-refractivity contribution < 1.29 is 13.5 Å². The van der Waals surface area contributed by atoms with Crippen molar-refractivity contribution >= 4 is 9.84 Å². The van der Waals surface area contributed by atoms with Gasteiger partial charge in [0.1, 0.15) is 0 Å². The molecule has 0 amide bonds. The number of nitrogens with zero attached hydrogens (tertiary/aromatic N) is 1. The van der Waals surface area contributed by atoms with Gasteiger partial charge in [0, 0.05) is 6.54 Å². The van der Waals surface area contributed by atoms with Gasteiger partial charge in [-0.1, -0.05) is 29.8 Å². The van der Waals surface area contributed by atoms with Gasteiger partial charge < -0.3 is 5.11 Å². The first kappa shape index (κ1) is 13.5. The van der Waals surface area contributed by atoms with E-state index in [2.05, 4.69) is 0 Å². The Kier molecular flexibility index (Phi) is 3.75. The summed E-state index contributed by atoms with van der Waals surface area (Å²) in [5, 5.41) is 9.80. The van der Waals surface area contributed by atoms with Crippen LogP contribution in [-0.4, -0.2) is 49.1 Å². The number of hydrogen-bond acceptors (Lipinski definition) is 4. The van der Waals surface area contributed by atoms with Gasteiger partial charge in [0.2, 0.25) is 0 Å². The zero-order valence-electron chi connectivity index (χ0n) is 10.7. The smallest absolute Gasteiger partial charge is 0.154 e. The molecular formula is C13H19NO3S. The Bertz CT molecular complexity index is 510. The van der Waals surface area contributed by atoms with Crippen LogP contribution < -0.4 is 0 Å². The molecule has 1 saturated heterocycles. The van der Waals surface area contributed by atoms with E-state index >= 15 is 0 Å². The third-order valence-corrected chi connectivity index (χ3v) is 5.11. The van der Waals surface area contributed by atoms with Gasteiger partial charge in [-0.25, -0.2) is 8.42 Å². The number of benzene rings is 1. The molecule has 1 N–H and O–H groups in total. The van der Waals surface area contributed by atoms with E-state index in [9.17, 15) is 13.5 Å². The van der Waals surface area contributed by atoms with Crippen molar-refractivity contribution in [1.82, 2.24) is 4.90 Å². The lowest BCUT2D eigenvalue weighted by Gasteiger charge is -2.25. The van der Waals surface area contributed by atoms with Gasteiger partial charge in [-0.15, -0.1) is 0 Å². The number of sulfone groups is 1. The number of aliphatic hydroxyl groups is 1. The Balaban J connectivity index is 2.04. The van der Waals surface area contributed by atoms with Crippen LogP contribution in [0.15, 0.2) is 24.3 Å². The van der Waals surface area contributed by atoms with Crippen LogP contribution in [-0.2, 0) is 16.4 Å². The molecule has 2 rings (SSSR count). The molecule has 0 saturated carbocycles. The summed E-state index contributed by atoms with van der Waals surface area (Å²) in [6.07, 6.45) is -0.773. The molecule has 0 spiro atoms. The molecular weight excluding hydrogens is 250 g/mol. The van der Waals surface area contributed by atoms with Gasteiger partial charge in [0.25, 0.3) is 0 Å². The van der Waals surface area contributed by atoms with Crippen molar-refractivity contribution in [2.24, 2.45) is 0 Å². The Morgan fingerprint density at radius 2 is 1.89 bits per heavy atom. The molecule has 18 heavy (non-hydrogen) atoms. The van der Waals surface area contributed by atoms with E-state index in [4.69, 9.17) is 0 Å². The van der Waals surface area contributed by atoms with Crippen LogP contribution in [0, 0.1) is 6.92 Å². The topological polar surface area (TPSA) is 57.6 Å². The van der Waals surface area contributed by atoms with E-state index in [1.165, 1.54) is 5.56 Å². The minimum atomic E-state index is -3.08. The molecule has 1 fully saturated rings. The van der Waals surface area contributed by atoms with Crippen LogP contribution >= 0.6 is 0 Å². The molecule has 4 nitrogen and oxygen atoms in total. The maximum absolute atomic E-state index is 11.5. The molecule has 1 aliphatic heterocycles. The molecule has 2 atom stereocenters. The summed E-state index contributed by atoms with van der Waals surface area (Å²) in [4.78, 5) is 1.92. The van der Waals surface area contributed by atoms with Crippen LogP contribution in [0.1, 0.15) is 11.1 Å². The Morgan fingerprint density at radius 3 is 2.39 bits per heavy atom. The monoisotopic (exact) mass is 269 g/mol. The van der Waals surface area contributed by atoms with Gasteiger partial charge in [-0.05, 0) is 19.5 Å². The van der Waals surface area contributed by atoms with Crippen molar-refractivity contribution in [3.05, 3.63) is 35.4 Å². The lowest BCUT2D eigenvalue weighted by Crippen LogP contribution is -2.40. The molecule has 0 aliphatic carbocycles. The second-order valence-electron chi connectivity index (χ2n) is 5.11. The van der Waals surface area contributed by atoms with Crippen molar-refractivity contribution in [2.75, 3.05) is 18.6 Å². The average molecular weight is 269 g/mol. The lowest BCUT2D eigenvalue weighted by atomic mass is 10.1. The molecule has 1 aromatic rings. The molecule has 1 aromatic carbocycles. The summed E-state index contributed by atoms with van der Waals surface area (Å²) in [6, 6.07) is 7.83. The summed E-state index contributed by atoms with van der Waals surface area (Å²) in [5.41, 5.74) is 2.32. The lowest BCUT2D eigenvalue weighted by molar-refractivity contribution is 0.0958. The van der Waals surface area contributed by atoms with Crippen molar-refractivity contribution in [3.8, 4) is 0 Å². The molecule has 0 aromatic heterocycles. The highest BCUT2D eigenvalue weighted by Gasteiger charge is 2.38.